The van der Waals surface area contributed by atoms with Crippen LogP contribution in [-0.4, -0.2) is 69.8 Å². The first-order valence-corrected chi connectivity index (χ1v) is 13.1. The molecule has 31 heavy (non-hydrogen) atoms. The summed E-state index contributed by atoms with van der Waals surface area (Å²) in [6.07, 6.45) is 1.41. The van der Waals surface area contributed by atoms with E-state index in [4.69, 9.17) is 0 Å². The van der Waals surface area contributed by atoms with Crippen LogP contribution in [0.1, 0.15) is 18.4 Å². The van der Waals surface area contributed by atoms with Crippen LogP contribution in [0.3, 0.4) is 0 Å². The lowest BCUT2D eigenvalue weighted by Crippen LogP contribution is -2.45. The Kier molecular flexibility index (Phi) is 6.95. The highest BCUT2D eigenvalue weighted by Crippen LogP contribution is 2.26. The number of thiophene rings is 1. The first-order valence-electron chi connectivity index (χ1n) is 10.8. The Morgan fingerprint density at radius 3 is 2.52 bits per heavy atom. The minimum atomic E-state index is -3.51. The lowest BCUT2D eigenvalue weighted by atomic mass is 9.98. The number of benzene rings is 1. The lowest BCUT2D eigenvalue weighted by molar-refractivity contribution is -0.126. The van der Waals surface area contributed by atoms with Crippen molar-refractivity contribution in [3.05, 3.63) is 47.3 Å². The van der Waals surface area contributed by atoms with Gasteiger partial charge < -0.3 is 15.1 Å². The molecule has 0 aliphatic carbocycles. The van der Waals surface area contributed by atoms with Gasteiger partial charge in [-0.1, -0.05) is 18.2 Å². The summed E-state index contributed by atoms with van der Waals surface area (Å²) in [6.45, 7) is 5.36. The van der Waals surface area contributed by atoms with Gasteiger partial charge in [0, 0.05) is 51.5 Å². The maximum atomic E-state index is 12.8. The van der Waals surface area contributed by atoms with Crippen LogP contribution >= 0.6 is 11.3 Å². The summed E-state index contributed by atoms with van der Waals surface area (Å²) in [7, 11) is -1.36. The van der Waals surface area contributed by atoms with E-state index >= 15 is 0 Å². The van der Waals surface area contributed by atoms with Gasteiger partial charge in [0.05, 0.1) is 5.92 Å². The standard InChI is InChI=1S/C22H30N4O3S2/c1-24-11-13-25(14-12-24)20-8-6-18(7-9-20)16-23-22(27)19-4-2-10-26(17-19)31(28,29)21-5-3-15-30-21/h3,5-9,15,19H,2,4,10-14,16-17H2,1H3,(H,23,27)/t19-/m1/s1. The Bertz CT molecular complexity index is 969. The second kappa shape index (κ2) is 9.68. The van der Waals surface area contributed by atoms with Gasteiger partial charge in [0.1, 0.15) is 4.21 Å². The quantitative estimate of drug-likeness (QED) is 0.713. The van der Waals surface area contributed by atoms with Crippen molar-refractivity contribution < 1.29 is 13.2 Å². The van der Waals surface area contributed by atoms with Crippen molar-refractivity contribution in [3.63, 3.8) is 0 Å². The van der Waals surface area contributed by atoms with Gasteiger partial charge in [0.15, 0.2) is 0 Å². The number of carbonyl (C=O) groups is 1. The molecule has 1 amide bonds. The number of nitrogens with zero attached hydrogens (tertiary/aromatic N) is 3. The Morgan fingerprint density at radius 1 is 1.10 bits per heavy atom. The van der Waals surface area contributed by atoms with Gasteiger partial charge in [0.25, 0.3) is 10.0 Å². The van der Waals surface area contributed by atoms with Crippen molar-refractivity contribution in [1.82, 2.24) is 14.5 Å². The van der Waals surface area contributed by atoms with Gasteiger partial charge in [-0.25, -0.2) is 8.42 Å². The number of nitrogens with one attached hydrogen (secondary N) is 1. The van der Waals surface area contributed by atoms with Crippen LogP contribution in [0.4, 0.5) is 5.69 Å². The fraction of sp³-hybridized carbons (Fsp3) is 0.500. The number of piperazine rings is 1. The molecule has 1 aromatic heterocycles. The zero-order valence-corrected chi connectivity index (χ0v) is 19.5. The van der Waals surface area contributed by atoms with Crippen molar-refractivity contribution in [2.24, 2.45) is 5.92 Å². The number of amides is 1. The minimum absolute atomic E-state index is 0.0748. The normalized spacial score (nSPS) is 21.2. The summed E-state index contributed by atoms with van der Waals surface area (Å²) in [5, 5.41) is 4.76. The molecular weight excluding hydrogens is 432 g/mol. The van der Waals surface area contributed by atoms with Crippen LogP contribution in [0.5, 0.6) is 0 Å². The van der Waals surface area contributed by atoms with E-state index in [1.54, 1.807) is 17.5 Å². The molecule has 2 aromatic rings. The Labute approximate surface area is 188 Å². The Balaban J connectivity index is 1.30. The number of piperidine rings is 1. The van der Waals surface area contributed by atoms with Crippen molar-refractivity contribution >= 4 is 33.0 Å². The molecule has 3 heterocycles. The van der Waals surface area contributed by atoms with Gasteiger partial charge >= 0.3 is 0 Å². The number of sulfonamides is 1. The van der Waals surface area contributed by atoms with E-state index in [1.165, 1.54) is 21.3 Å². The van der Waals surface area contributed by atoms with Gasteiger partial charge in [0.2, 0.25) is 5.91 Å². The summed E-state index contributed by atoms with van der Waals surface area (Å²) in [5.41, 5.74) is 2.26. The first kappa shape index (κ1) is 22.3. The molecule has 0 unspecified atom stereocenters. The third-order valence-corrected chi connectivity index (χ3v) is 9.35. The molecular formula is C22H30N4O3S2. The van der Waals surface area contributed by atoms with Crippen LogP contribution < -0.4 is 10.2 Å². The van der Waals surface area contributed by atoms with Crippen LogP contribution in [0.2, 0.25) is 0 Å². The second-order valence-electron chi connectivity index (χ2n) is 8.31. The van der Waals surface area contributed by atoms with Gasteiger partial charge in [-0.3, -0.25) is 4.79 Å². The predicted octanol–water partition coefficient (Wildman–Crippen LogP) is 2.22. The summed E-state index contributed by atoms with van der Waals surface area (Å²) < 4.78 is 27.3. The Hall–Kier alpha value is -1.94. The smallest absolute Gasteiger partial charge is 0.252 e. The molecule has 0 bridgehead atoms. The number of likely N-dealkylation sites (N-methyl/N-ethyl adjacent to an activating group) is 1. The predicted molar refractivity (Wildman–Crippen MR) is 124 cm³/mol. The van der Waals surface area contributed by atoms with E-state index in [0.717, 1.165) is 31.7 Å². The number of anilines is 1. The van der Waals surface area contributed by atoms with Crippen molar-refractivity contribution in [2.75, 3.05) is 51.2 Å². The second-order valence-corrected chi connectivity index (χ2v) is 11.4. The molecule has 0 radical (unpaired) electrons. The molecule has 2 aliphatic heterocycles. The molecule has 0 spiro atoms. The average molecular weight is 463 g/mol. The van der Waals surface area contributed by atoms with Crippen LogP contribution in [-0.2, 0) is 21.4 Å². The molecule has 2 saturated heterocycles. The minimum Gasteiger partial charge on any atom is -0.369 e. The number of rotatable bonds is 6. The van der Waals surface area contributed by atoms with E-state index < -0.39 is 10.0 Å². The van der Waals surface area contributed by atoms with Crippen LogP contribution in [0.15, 0.2) is 46.0 Å². The highest BCUT2D eigenvalue weighted by Gasteiger charge is 2.33. The molecule has 2 fully saturated rings. The average Bonchev–Trinajstić information content (AvgIpc) is 3.34. The van der Waals surface area contributed by atoms with Crippen molar-refractivity contribution in [2.45, 2.75) is 23.6 Å². The molecule has 0 saturated carbocycles. The molecule has 1 aromatic carbocycles. The number of hydrogen-bond acceptors (Lipinski definition) is 6. The van der Waals surface area contributed by atoms with E-state index in [2.05, 4.69) is 46.4 Å². The first-order chi connectivity index (χ1) is 14.9. The third kappa shape index (κ3) is 5.28. The molecule has 7 nitrogen and oxygen atoms in total. The van der Waals surface area contributed by atoms with E-state index in [1.807, 2.05) is 0 Å². The summed E-state index contributed by atoms with van der Waals surface area (Å²) >= 11 is 1.22. The lowest BCUT2D eigenvalue weighted by Gasteiger charge is -2.34. The zero-order valence-electron chi connectivity index (χ0n) is 17.9. The van der Waals surface area contributed by atoms with Crippen LogP contribution in [0, 0.1) is 5.92 Å². The maximum Gasteiger partial charge on any atom is 0.252 e. The Morgan fingerprint density at radius 2 is 1.84 bits per heavy atom. The third-order valence-electron chi connectivity index (χ3n) is 6.12. The zero-order chi connectivity index (χ0) is 21.8. The molecule has 9 heteroatoms. The van der Waals surface area contributed by atoms with Crippen LogP contribution in [0.25, 0.3) is 0 Å². The van der Waals surface area contributed by atoms with E-state index in [9.17, 15) is 13.2 Å². The summed E-state index contributed by atoms with van der Waals surface area (Å²) in [6, 6.07) is 11.7. The SMILES string of the molecule is CN1CCN(c2ccc(CNC(=O)[C@@H]3CCCN(S(=O)(=O)c4cccs4)C3)cc2)CC1. The number of hydrogen-bond donors (Lipinski definition) is 1. The van der Waals surface area contributed by atoms with E-state index in [-0.39, 0.29) is 18.4 Å². The topological polar surface area (TPSA) is 73.0 Å². The molecule has 168 valence electrons. The highest BCUT2D eigenvalue weighted by molar-refractivity contribution is 7.91. The molecule has 2 aliphatic rings. The largest absolute Gasteiger partial charge is 0.369 e. The highest BCUT2D eigenvalue weighted by atomic mass is 32.2. The van der Waals surface area contributed by atoms with Crippen molar-refractivity contribution in [1.29, 1.82) is 0 Å². The summed E-state index contributed by atoms with van der Waals surface area (Å²) in [4.78, 5) is 17.4. The fourth-order valence-corrected chi connectivity index (χ4v) is 6.80. The van der Waals surface area contributed by atoms with Gasteiger partial charge in [-0.15, -0.1) is 11.3 Å². The monoisotopic (exact) mass is 462 g/mol. The molecule has 1 N–H and O–H groups in total. The van der Waals surface area contributed by atoms with Crippen molar-refractivity contribution in [3.8, 4) is 0 Å². The van der Waals surface area contributed by atoms with Gasteiger partial charge in [-0.2, -0.15) is 4.31 Å². The fourth-order valence-electron chi connectivity index (χ4n) is 4.14. The number of carbonyl (C=O) groups excluding carboxylic acids is 1. The van der Waals surface area contributed by atoms with Gasteiger partial charge in [-0.05, 0) is 49.0 Å². The molecule has 1 atom stereocenters. The van der Waals surface area contributed by atoms with E-state index in [0.29, 0.717) is 30.1 Å². The summed E-state index contributed by atoms with van der Waals surface area (Å²) in [5.74, 6) is -0.387. The maximum absolute atomic E-state index is 12.8. The molecule has 4 rings (SSSR count).